The van der Waals surface area contributed by atoms with Gasteiger partial charge in [0.05, 0.1) is 5.69 Å². The fourth-order valence-corrected chi connectivity index (χ4v) is 3.84. The lowest BCUT2D eigenvalue weighted by Crippen LogP contribution is -2.26. The van der Waals surface area contributed by atoms with E-state index in [1.807, 2.05) is 29.6 Å². The first-order chi connectivity index (χ1) is 14.0. The van der Waals surface area contributed by atoms with Crippen LogP contribution in [0, 0.1) is 0 Å². The van der Waals surface area contributed by atoms with E-state index in [-0.39, 0.29) is 6.42 Å². The molecule has 8 heteroatoms. The van der Waals surface area contributed by atoms with Gasteiger partial charge in [-0.2, -0.15) is 0 Å². The number of halogens is 2. The standard InChI is InChI=1S/C21H19Cl2NO4S/c1-2-27-19(21(25)26)9-14-5-8-17(10-18(14)23)28-11-16-12-29-20(24-16)13-3-6-15(22)7-4-13/h3-8,10,12,19H,2,9,11H2,1H3,(H,25,26)/t19-/m0/s1. The van der Waals surface area contributed by atoms with Gasteiger partial charge in [-0.25, -0.2) is 9.78 Å². The minimum atomic E-state index is -1.01. The van der Waals surface area contributed by atoms with E-state index >= 15 is 0 Å². The van der Waals surface area contributed by atoms with Crippen molar-refractivity contribution < 1.29 is 19.4 Å². The number of rotatable bonds is 9. The SMILES string of the molecule is CCO[C@@H](Cc1ccc(OCc2csc(-c3ccc(Cl)cc3)n2)cc1Cl)C(=O)O. The molecule has 0 spiro atoms. The number of thiazole rings is 1. The lowest BCUT2D eigenvalue weighted by Gasteiger charge is -2.14. The molecular weight excluding hydrogens is 433 g/mol. The normalized spacial score (nSPS) is 12.0. The maximum absolute atomic E-state index is 11.2. The molecule has 3 rings (SSSR count). The molecule has 1 N–H and O–H groups in total. The Hall–Kier alpha value is -2.12. The van der Waals surface area contributed by atoms with Crippen molar-refractivity contribution in [2.24, 2.45) is 0 Å². The van der Waals surface area contributed by atoms with Crippen molar-refractivity contribution in [3.05, 3.63) is 69.1 Å². The third kappa shape index (κ3) is 5.93. The van der Waals surface area contributed by atoms with Gasteiger partial charge < -0.3 is 14.6 Å². The maximum atomic E-state index is 11.2. The Morgan fingerprint density at radius 1 is 1.21 bits per heavy atom. The van der Waals surface area contributed by atoms with E-state index in [2.05, 4.69) is 4.98 Å². The summed E-state index contributed by atoms with van der Waals surface area (Å²) in [6.07, 6.45) is -0.732. The molecule has 152 valence electrons. The van der Waals surface area contributed by atoms with Crippen LogP contribution in [0.5, 0.6) is 5.75 Å². The highest BCUT2D eigenvalue weighted by Gasteiger charge is 2.19. The van der Waals surface area contributed by atoms with Gasteiger partial charge in [0.2, 0.25) is 0 Å². The third-order valence-electron chi connectivity index (χ3n) is 4.10. The van der Waals surface area contributed by atoms with Crippen molar-refractivity contribution in [1.29, 1.82) is 0 Å². The van der Waals surface area contributed by atoms with Gasteiger partial charge in [-0.1, -0.05) is 41.4 Å². The van der Waals surface area contributed by atoms with Crippen LogP contribution >= 0.6 is 34.5 Å². The fourth-order valence-electron chi connectivity index (χ4n) is 2.66. The molecule has 0 amide bonds. The molecule has 0 bridgehead atoms. The van der Waals surface area contributed by atoms with E-state index in [0.717, 1.165) is 16.3 Å². The summed E-state index contributed by atoms with van der Waals surface area (Å²) in [5.41, 5.74) is 2.50. The zero-order valence-electron chi connectivity index (χ0n) is 15.6. The van der Waals surface area contributed by atoms with Gasteiger partial charge in [-0.3, -0.25) is 0 Å². The molecular formula is C21H19Cl2NO4S. The van der Waals surface area contributed by atoms with Crippen LogP contribution < -0.4 is 4.74 Å². The van der Waals surface area contributed by atoms with Crippen LogP contribution in [-0.2, 0) is 22.6 Å². The van der Waals surface area contributed by atoms with E-state index in [1.54, 1.807) is 25.1 Å². The summed E-state index contributed by atoms with van der Waals surface area (Å²) in [4.78, 5) is 15.8. The quantitative estimate of drug-likeness (QED) is 0.449. The topological polar surface area (TPSA) is 68.7 Å². The van der Waals surface area contributed by atoms with Crippen molar-refractivity contribution in [3.8, 4) is 16.3 Å². The number of hydrogen-bond acceptors (Lipinski definition) is 5. The molecule has 0 aliphatic rings. The Morgan fingerprint density at radius 2 is 1.97 bits per heavy atom. The van der Waals surface area contributed by atoms with Gasteiger partial charge >= 0.3 is 5.97 Å². The molecule has 1 aromatic heterocycles. The Balaban J connectivity index is 1.62. The van der Waals surface area contributed by atoms with Crippen LogP contribution in [-0.4, -0.2) is 28.8 Å². The molecule has 2 aromatic carbocycles. The van der Waals surface area contributed by atoms with Crippen molar-refractivity contribution in [2.45, 2.75) is 26.1 Å². The zero-order chi connectivity index (χ0) is 20.8. The summed E-state index contributed by atoms with van der Waals surface area (Å²) in [5.74, 6) is -0.425. The molecule has 0 saturated heterocycles. The summed E-state index contributed by atoms with van der Waals surface area (Å²) < 4.78 is 11.0. The first-order valence-electron chi connectivity index (χ1n) is 8.92. The monoisotopic (exact) mass is 451 g/mol. The number of ether oxygens (including phenoxy) is 2. The van der Waals surface area contributed by atoms with E-state index in [1.165, 1.54) is 11.3 Å². The third-order valence-corrected chi connectivity index (χ3v) is 5.65. The Kier molecular flexibility index (Phi) is 7.50. The predicted molar refractivity (Wildman–Crippen MR) is 115 cm³/mol. The van der Waals surface area contributed by atoms with Gasteiger partial charge in [0.15, 0.2) is 6.10 Å². The van der Waals surface area contributed by atoms with Gasteiger partial charge in [0, 0.05) is 34.0 Å². The fraction of sp³-hybridized carbons (Fsp3) is 0.238. The number of carbonyl (C=O) groups is 1. The predicted octanol–water partition coefficient (Wildman–Crippen LogP) is 5.73. The summed E-state index contributed by atoms with van der Waals surface area (Å²) in [5, 5.41) is 13.2. The average molecular weight is 452 g/mol. The molecule has 0 fully saturated rings. The number of nitrogens with zero attached hydrogens (tertiary/aromatic N) is 1. The highest BCUT2D eigenvalue weighted by atomic mass is 35.5. The van der Waals surface area contributed by atoms with E-state index in [4.69, 9.17) is 32.7 Å². The molecule has 5 nitrogen and oxygen atoms in total. The van der Waals surface area contributed by atoms with Crippen LogP contribution in [0.1, 0.15) is 18.2 Å². The molecule has 0 radical (unpaired) electrons. The van der Waals surface area contributed by atoms with E-state index in [0.29, 0.717) is 34.6 Å². The van der Waals surface area contributed by atoms with Crippen LogP contribution in [0.15, 0.2) is 47.8 Å². The van der Waals surface area contributed by atoms with Gasteiger partial charge in [-0.15, -0.1) is 11.3 Å². The van der Waals surface area contributed by atoms with E-state index < -0.39 is 12.1 Å². The molecule has 0 aliphatic heterocycles. The minimum absolute atomic E-state index is 0.193. The van der Waals surface area contributed by atoms with Crippen molar-refractivity contribution in [1.82, 2.24) is 4.98 Å². The zero-order valence-corrected chi connectivity index (χ0v) is 17.9. The molecule has 29 heavy (non-hydrogen) atoms. The smallest absolute Gasteiger partial charge is 0.333 e. The van der Waals surface area contributed by atoms with Gasteiger partial charge in [0.1, 0.15) is 17.4 Å². The number of benzene rings is 2. The lowest BCUT2D eigenvalue weighted by molar-refractivity contribution is -0.149. The number of aliphatic carboxylic acids is 1. The van der Waals surface area contributed by atoms with Crippen molar-refractivity contribution in [3.63, 3.8) is 0 Å². The first-order valence-corrected chi connectivity index (χ1v) is 10.6. The number of carboxylic acids is 1. The lowest BCUT2D eigenvalue weighted by atomic mass is 10.1. The Morgan fingerprint density at radius 3 is 2.62 bits per heavy atom. The minimum Gasteiger partial charge on any atom is -0.487 e. The van der Waals surface area contributed by atoms with Crippen LogP contribution in [0.3, 0.4) is 0 Å². The van der Waals surface area contributed by atoms with Crippen LogP contribution in [0.4, 0.5) is 0 Å². The molecule has 3 aromatic rings. The summed E-state index contributed by atoms with van der Waals surface area (Å²) >= 11 is 13.8. The van der Waals surface area contributed by atoms with Crippen LogP contribution in [0.2, 0.25) is 10.0 Å². The maximum Gasteiger partial charge on any atom is 0.333 e. The summed E-state index contributed by atoms with van der Waals surface area (Å²) in [6, 6.07) is 12.7. The second-order valence-electron chi connectivity index (χ2n) is 6.18. The summed E-state index contributed by atoms with van der Waals surface area (Å²) in [6.45, 7) is 2.38. The Bertz CT molecular complexity index is 975. The highest BCUT2D eigenvalue weighted by Crippen LogP contribution is 2.27. The van der Waals surface area contributed by atoms with Crippen molar-refractivity contribution >= 4 is 40.5 Å². The molecule has 0 aliphatic carbocycles. The highest BCUT2D eigenvalue weighted by molar-refractivity contribution is 7.13. The van der Waals surface area contributed by atoms with Gasteiger partial charge in [0.25, 0.3) is 0 Å². The number of hydrogen-bond donors (Lipinski definition) is 1. The second kappa shape index (κ2) is 10.1. The van der Waals surface area contributed by atoms with Gasteiger partial charge in [-0.05, 0) is 36.8 Å². The average Bonchev–Trinajstić information content (AvgIpc) is 3.17. The molecule has 0 unspecified atom stereocenters. The summed E-state index contributed by atoms with van der Waals surface area (Å²) in [7, 11) is 0. The molecule has 1 heterocycles. The second-order valence-corrected chi connectivity index (χ2v) is 7.88. The number of aromatic nitrogens is 1. The largest absolute Gasteiger partial charge is 0.487 e. The molecule has 1 atom stereocenters. The molecule has 0 saturated carbocycles. The first kappa shape index (κ1) is 21.6. The Labute approximate surface area is 182 Å². The van der Waals surface area contributed by atoms with Crippen molar-refractivity contribution in [2.75, 3.05) is 6.61 Å². The number of carboxylic acid groups (broad SMARTS) is 1. The van der Waals surface area contributed by atoms with E-state index in [9.17, 15) is 9.90 Å². The van der Waals surface area contributed by atoms with Crippen LogP contribution in [0.25, 0.3) is 10.6 Å².